The first kappa shape index (κ1) is 20.1. The molecule has 0 aliphatic rings. The second-order valence-corrected chi connectivity index (χ2v) is 7.13. The number of amides is 1. The first-order chi connectivity index (χ1) is 15.0. The van der Waals surface area contributed by atoms with Gasteiger partial charge in [-0.2, -0.15) is 0 Å². The molecule has 156 valence electrons. The Bertz CT molecular complexity index is 1260. The molecule has 4 aromatic rings. The zero-order valence-electron chi connectivity index (χ0n) is 17.2. The van der Waals surface area contributed by atoms with Crippen molar-refractivity contribution in [1.29, 1.82) is 0 Å². The van der Waals surface area contributed by atoms with Crippen molar-refractivity contribution in [2.75, 3.05) is 12.4 Å². The van der Waals surface area contributed by atoms with Crippen molar-refractivity contribution in [1.82, 2.24) is 24.5 Å². The molecule has 0 saturated carbocycles. The second kappa shape index (κ2) is 8.31. The Balaban J connectivity index is 1.62. The van der Waals surface area contributed by atoms with Gasteiger partial charge in [0, 0.05) is 35.6 Å². The van der Waals surface area contributed by atoms with Crippen LogP contribution in [-0.4, -0.2) is 43.3 Å². The molecule has 0 saturated heterocycles. The number of anilines is 1. The van der Waals surface area contributed by atoms with Gasteiger partial charge in [0.25, 0.3) is 5.91 Å². The molecule has 0 radical (unpaired) electrons. The zero-order valence-corrected chi connectivity index (χ0v) is 17.2. The molecule has 0 unspecified atom stereocenters. The predicted molar refractivity (Wildman–Crippen MR) is 114 cm³/mol. The normalized spacial score (nSPS) is 11.0. The fourth-order valence-electron chi connectivity index (χ4n) is 3.18. The highest BCUT2D eigenvalue weighted by atomic mass is 16.5. The zero-order chi connectivity index (χ0) is 22.0. The summed E-state index contributed by atoms with van der Waals surface area (Å²) in [4.78, 5) is 42.2. The van der Waals surface area contributed by atoms with E-state index in [0.717, 1.165) is 0 Å². The molecule has 4 rings (SSSR count). The molecule has 0 aliphatic heterocycles. The van der Waals surface area contributed by atoms with Gasteiger partial charge in [-0.1, -0.05) is 0 Å². The molecule has 0 fully saturated rings. The number of ether oxygens (including phenoxy) is 1. The number of pyridine rings is 2. The van der Waals surface area contributed by atoms with Gasteiger partial charge in [0.15, 0.2) is 5.78 Å². The number of methoxy groups -OCH3 is 1. The molecule has 0 spiro atoms. The molecule has 31 heavy (non-hydrogen) atoms. The Morgan fingerprint density at radius 2 is 1.90 bits per heavy atom. The summed E-state index contributed by atoms with van der Waals surface area (Å²) in [7, 11) is 1.52. The van der Waals surface area contributed by atoms with Crippen molar-refractivity contribution >= 4 is 28.4 Å². The standard InChI is InChI=1S/C22H20N6O3/c1-13(2)28-11-18(17-10-24-12-26-21(17)28)20(29)14-6-15(8-23-7-14)27-22(30)19-5-4-16(31-3)9-25-19/h4-13H,1-3H3,(H,27,30). The first-order valence-electron chi connectivity index (χ1n) is 9.59. The van der Waals surface area contributed by atoms with Crippen molar-refractivity contribution in [2.45, 2.75) is 19.9 Å². The van der Waals surface area contributed by atoms with E-state index in [-0.39, 0.29) is 17.5 Å². The highest BCUT2D eigenvalue weighted by Gasteiger charge is 2.20. The summed E-state index contributed by atoms with van der Waals surface area (Å²) >= 11 is 0. The largest absolute Gasteiger partial charge is 0.495 e. The lowest BCUT2D eigenvalue weighted by Gasteiger charge is -2.07. The maximum Gasteiger partial charge on any atom is 0.274 e. The van der Waals surface area contributed by atoms with Crippen LogP contribution in [0.3, 0.4) is 0 Å². The molecule has 0 aromatic carbocycles. The van der Waals surface area contributed by atoms with Gasteiger partial charge >= 0.3 is 0 Å². The van der Waals surface area contributed by atoms with Crippen LogP contribution < -0.4 is 10.1 Å². The van der Waals surface area contributed by atoms with Gasteiger partial charge in [0.1, 0.15) is 23.4 Å². The molecule has 4 heterocycles. The Morgan fingerprint density at radius 3 is 2.61 bits per heavy atom. The fraction of sp³-hybridized carbons (Fsp3) is 0.182. The van der Waals surface area contributed by atoms with Gasteiger partial charge in [-0.3, -0.25) is 14.6 Å². The van der Waals surface area contributed by atoms with E-state index in [9.17, 15) is 9.59 Å². The van der Waals surface area contributed by atoms with Gasteiger partial charge in [0.2, 0.25) is 0 Å². The van der Waals surface area contributed by atoms with Crippen LogP contribution in [0.5, 0.6) is 5.75 Å². The molecule has 0 atom stereocenters. The highest BCUT2D eigenvalue weighted by molar-refractivity contribution is 6.16. The summed E-state index contributed by atoms with van der Waals surface area (Å²) in [6.45, 7) is 4.03. The second-order valence-electron chi connectivity index (χ2n) is 7.13. The number of hydrogen-bond acceptors (Lipinski definition) is 7. The molecule has 0 aliphatic carbocycles. The summed E-state index contributed by atoms with van der Waals surface area (Å²) in [5.74, 6) is -0.0976. The van der Waals surface area contributed by atoms with Gasteiger partial charge in [-0.15, -0.1) is 0 Å². The molecule has 9 heteroatoms. The summed E-state index contributed by atoms with van der Waals surface area (Å²) in [5.41, 5.74) is 2.11. The maximum absolute atomic E-state index is 13.2. The Hall–Kier alpha value is -4.14. The van der Waals surface area contributed by atoms with Crippen molar-refractivity contribution < 1.29 is 14.3 Å². The van der Waals surface area contributed by atoms with E-state index in [1.54, 1.807) is 30.6 Å². The van der Waals surface area contributed by atoms with Crippen LogP contribution >= 0.6 is 0 Å². The molecular formula is C22H20N6O3. The average molecular weight is 416 g/mol. The summed E-state index contributed by atoms with van der Waals surface area (Å²) in [6, 6.07) is 4.91. The summed E-state index contributed by atoms with van der Waals surface area (Å²) in [5, 5.41) is 3.38. The van der Waals surface area contributed by atoms with Crippen LogP contribution in [0.25, 0.3) is 11.0 Å². The minimum absolute atomic E-state index is 0.125. The van der Waals surface area contributed by atoms with E-state index in [4.69, 9.17) is 4.74 Å². The fourth-order valence-corrected chi connectivity index (χ4v) is 3.18. The molecule has 1 amide bonds. The van der Waals surface area contributed by atoms with E-state index in [1.165, 1.54) is 32.0 Å². The van der Waals surface area contributed by atoms with Crippen LogP contribution in [0.4, 0.5) is 5.69 Å². The number of carbonyl (C=O) groups is 2. The number of fused-ring (bicyclic) bond motifs is 1. The van der Waals surface area contributed by atoms with Gasteiger partial charge in [-0.05, 0) is 32.0 Å². The van der Waals surface area contributed by atoms with Crippen molar-refractivity contribution in [3.05, 3.63) is 72.3 Å². The Kier molecular flexibility index (Phi) is 5.40. The third kappa shape index (κ3) is 3.97. The number of rotatable bonds is 6. The minimum atomic E-state index is -0.418. The Morgan fingerprint density at radius 1 is 1.06 bits per heavy atom. The number of carbonyl (C=O) groups excluding carboxylic acids is 2. The topological polar surface area (TPSA) is 112 Å². The number of nitrogens with one attached hydrogen (secondary N) is 1. The van der Waals surface area contributed by atoms with Crippen molar-refractivity contribution in [3.63, 3.8) is 0 Å². The molecule has 1 N–H and O–H groups in total. The minimum Gasteiger partial charge on any atom is -0.495 e. The van der Waals surface area contributed by atoms with Crippen LogP contribution in [0.2, 0.25) is 0 Å². The van der Waals surface area contributed by atoms with E-state index < -0.39 is 5.91 Å². The van der Waals surface area contributed by atoms with Gasteiger partial charge in [0.05, 0.1) is 30.8 Å². The van der Waals surface area contributed by atoms with E-state index in [2.05, 4.69) is 25.3 Å². The van der Waals surface area contributed by atoms with Crippen molar-refractivity contribution in [2.24, 2.45) is 0 Å². The van der Waals surface area contributed by atoms with E-state index >= 15 is 0 Å². The maximum atomic E-state index is 13.2. The molecular weight excluding hydrogens is 396 g/mol. The summed E-state index contributed by atoms with van der Waals surface area (Å²) < 4.78 is 6.98. The third-order valence-corrected chi connectivity index (χ3v) is 4.76. The van der Waals surface area contributed by atoms with Crippen molar-refractivity contribution in [3.8, 4) is 5.75 Å². The van der Waals surface area contributed by atoms with Crippen LogP contribution in [-0.2, 0) is 0 Å². The monoisotopic (exact) mass is 416 g/mol. The third-order valence-electron chi connectivity index (χ3n) is 4.76. The lowest BCUT2D eigenvalue weighted by atomic mass is 10.1. The van der Waals surface area contributed by atoms with Crippen LogP contribution in [0.15, 0.2) is 55.5 Å². The number of hydrogen-bond donors (Lipinski definition) is 1. The quantitative estimate of drug-likeness (QED) is 0.480. The van der Waals surface area contributed by atoms with E-state index in [0.29, 0.717) is 33.6 Å². The number of nitrogens with zero attached hydrogens (tertiary/aromatic N) is 5. The van der Waals surface area contributed by atoms with E-state index in [1.807, 2.05) is 18.4 Å². The van der Waals surface area contributed by atoms with Gasteiger partial charge in [-0.25, -0.2) is 15.0 Å². The summed E-state index contributed by atoms with van der Waals surface area (Å²) in [6.07, 6.45) is 9.26. The Labute approximate surface area is 178 Å². The predicted octanol–water partition coefficient (Wildman–Crippen LogP) is 3.29. The lowest BCUT2D eigenvalue weighted by molar-refractivity contribution is 0.101. The smallest absolute Gasteiger partial charge is 0.274 e. The SMILES string of the molecule is COc1ccc(C(=O)Nc2cncc(C(=O)c3cn(C(C)C)c4ncncc34)c2)nc1. The molecule has 9 nitrogen and oxygen atoms in total. The number of ketones is 1. The highest BCUT2D eigenvalue weighted by Crippen LogP contribution is 2.25. The average Bonchev–Trinajstić information content (AvgIpc) is 3.19. The van der Waals surface area contributed by atoms with Crippen LogP contribution in [0.1, 0.15) is 46.3 Å². The molecule has 4 aromatic heterocycles. The van der Waals surface area contributed by atoms with Gasteiger partial charge < -0.3 is 14.6 Å². The molecule has 0 bridgehead atoms. The first-order valence-corrected chi connectivity index (χ1v) is 9.59. The lowest BCUT2D eigenvalue weighted by Crippen LogP contribution is -2.14. The van der Waals surface area contributed by atoms with Crippen LogP contribution in [0, 0.1) is 0 Å². The number of aromatic nitrogens is 5.